The van der Waals surface area contributed by atoms with Gasteiger partial charge in [-0.05, 0) is 241 Å². The van der Waals surface area contributed by atoms with Crippen molar-refractivity contribution in [3.05, 3.63) is 0 Å². The summed E-state index contributed by atoms with van der Waals surface area (Å²) in [6.45, 7) is 136. The lowest BCUT2D eigenvalue weighted by molar-refractivity contribution is 0.111. The smallest absolute Gasteiger partial charge is 0.0297 e. The SMILES string of the molecule is CC(C)(C)C(C)(C)C.CC(C)(C)C(C)(C)C.CC(C)(C)C(C)(C)C.CC(C)C(C)(C)C(C)C.CC(C)C(C)(C)C(C)C.CC(C)C(C)C(C)C.CC1(C2CC2)CC1.CC1CC(C)(C)C1.CC1CC(C)C1C.CCC(C)(C)C(C)(C)C.CCC(C)C(C)(C)C.CC[C@@H](C)C(C)(C)C.C[C@H]1CC1C1CC1. The number of hydrogen-bond donors (Lipinski definition) is 0. The van der Waals surface area contributed by atoms with Crippen LogP contribution in [0.25, 0.3) is 0 Å². The Morgan fingerprint density at radius 2 is 0.573 bits per heavy atom. The fourth-order valence-corrected chi connectivity index (χ4v) is 9.98. The first-order valence-electron chi connectivity index (χ1n) is 44.9. The Bertz CT molecular complexity index is 1820. The number of hydrogen-bond acceptors (Lipinski definition) is 0. The van der Waals surface area contributed by atoms with Crippen LogP contribution in [0.1, 0.15) is 492 Å². The van der Waals surface area contributed by atoms with Crippen LogP contribution in [0, 0.1) is 176 Å². The van der Waals surface area contributed by atoms with Crippen LogP contribution in [-0.4, -0.2) is 0 Å². The monoisotopic (exact) mass is 1460 g/mol. The summed E-state index contributed by atoms with van der Waals surface area (Å²) in [6.07, 6.45) is 19.0. The van der Waals surface area contributed by atoms with E-state index in [0.717, 1.165) is 94.2 Å². The van der Waals surface area contributed by atoms with Crippen LogP contribution in [0.3, 0.4) is 0 Å². The van der Waals surface area contributed by atoms with Crippen molar-refractivity contribution in [1.29, 1.82) is 0 Å². The van der Waals surface area contributed by atoms with E-state index < -0.39 is 0 Å². The zero-order chi connectivity index (χ0) is 85.0. The molecular formula is C103H220. The fourth-order valence-electron chi connectivity index (χ4n) is 9.98. The maximum absolute atomic E-state index is 2.44. The second-order valence-electron chi connectivity index (χ2n) is 50.3. The van der Waals surface area contributed by atoms with E-state index in [9.17, 15) is 0 Å². The summed E-state index contributed by atoms with van der Waals surface area (Å²) in [5.41, 5.74) is 7.12. The molecule has 6 aliphatic rings. The van der Waals surface area contributed by atoms with Gasteiger partial charge in [-0.25, -0.2) is 0 Å². The van der Waals surface area contributed by atoms with Crippen molar-refractivity contribution in [2.45, 2.75) is 492 Å². The zero-order valence-electron chi connectivity index (χ0n) is 85.0. The van der Waals surface area contributed by atoms with Crippen LogP contribution in [0.5, 0.6) is 0 Å². The van der Waals surface area contributed by atoms with Crippen LogP contribution < -0.4 is 0 Å². The molecule has 6 atom stereocenters. The van der Waals surface area contributed by atoms with E-state index in [1.807, 2.05) is 0 Å². The second kappa shape index (κ2) is 47.5. The molecule has 0 saturated heterocycles. The minimum atomic E-state index is 0.437. The Labute approximate surface area is 664 Å². The highest BCUT2D eigenvalue weighted by Gasteiger charge is 2.49. The summed E-state index contributed by atoms with van der Waals surface area (Å²) in [4.78, 5) is 0. The summed E-state index contributed by atoms with van der Waals surface area (Å²) >= 11 is 0. The Morgan fingerprint density at radius 1 is 0.330 bits per heavy atom. The first kappa shape index (κ1) is 116. The predicted octanol–water partition coefficient (Wildman–Crippen LogP) is 37.4. The van der Waals surface area contributed by atoms with Crippen molar-refractivity contribution >= 4 is 0 Å². The van der Waals surface area contributed by atoms with E-state index in [4.69, 9.17) is 0 Å². The van der Waals surface area contributed by atoms with Crippen LogP contribution in [0.4, 0.5) is 0 Å². The summed E-state index contributed by atoms with van der Waals surface area (Å²) in [5, 5.41) is 0. The largest absolute Gasteiger partial charge is 0.0651 e. The summed E-state index contributed by atoms with van der Waals surface area (Å²) in [6, 6.07) is 0. The Kier molecular flexibility index (Phi) is 53.6. The van der Waals surface area contributed by atoms with Crippen molar-refractivity contribution < 1.29 is 0 Å². The van der Waals surface area contributed by atoms with E-state index in [2.05, 4.69) is 409 Å². The van der Waals surface area contributed by atoms with Crippen LogP contribution >= 0.6 is 0 Å². The average molecular weight is 1460 g/mol. The maximum Gasteiger partial charge on any atom is -0.0297 e. The van der Waals surface area contributed by atoms with Crippen molar-refractivity contribution in [3.8, 4) is 0 Å². The van der Waals surface area contributed by atoms with Gasteiger partial charge in [-0.15, -0.1) is 0 Å². The normalized spacial score (nSPS) is 21.6. The van der Waals surface area contributed by atoms with E-state index in [1.165, 1.54) is 76.0 Å². The van der Waals surface area contributed by atoms with Gasteiger partial charge in [0.05, 0.1) is 0 Å². The molecule has 0 heteroatoms. The molecule has 0 heterocycles. The molecule has 6 rings (SSSR count). The topological polar surface area (TPSA) is 0 Å². The highest BCUT2D eigenvalue weighted by molar-refractivity contribution is 5.00. The van der Waals surface area contributed by atoms with Gasteiger partial charge in [0.2, 0.25) is 0 Å². The van der Waals surface area contributed by atoms with Gasteiger partial charge in [0.15, 0.2) is 0 Å². The Morgan fingerprint density at radius 3 is 0.592 bits per heavy atom. The molecule has 4 unspecified atom stereocenters. The molecular weight excluding hydrogens is 1240 g/mol. The average Bonchev–Trinajstić information content (AvgIpc) is 1.62. The Balaban J connectivity index is -0.000000194. The molecule has 0 bridgehead atoms. The summed E-state index contributed by atoms with van der Waals surface area (Å²) in [7, 11) is 0. The minimum Gasteiger partial charge on any atom is -0.0651 e. The summed E-state index contributed by atoms with van der Waals surface area (Å²) < 4.78 is 0. The van der Waals surface area contributed by atoms with E-state index in [0.29, 0.717) is 70.4 Å². The maximum atomic E-state index is 2.44. The van der Waals surface area contributed by atoms with Crippen molar-refractivity contribution in [3.63, 3.8) is 0 Å². The van der Waals surface area contributed by atoms with Crippen LogP contribution in [-0.2, 0) is 0 Å². The number of rotatable bonds is 11. The highest BCUT2D eigenvalue weighted by atomic mass is 14.5. The molecule has 0 amide bonds. The molecule has 0 aromatic rings. The molecule has 6 fully saturated rings. The van der Waals surface area contributed by atoms with Crippen molar-refractivity contribution in [2.24, 2.45) is 176 Å². The van der Waals surface area contributed by atoms with Gasteiger partial charge in [-0.3, -0.25) is 0 Å². The van der Waals surface area contributed by atoms with Gasteiger partial charge in [0.1, 0.15) is 0 Å². The van der Waals surface area contributed by atoms with Gasteiger partial charge in [0, 0.05) is 0 Å². The molecule has 0 nitrogen and oxygen atoms in total. The lowest BCUT2D eigenvalue weighted by Gasteiger charge is -2.40. The van der Waals surface area contributed by atoms with E-state index in [-0.39, 0.29) is 0 Å². The first-order valence-corrected chi connectivity index (χ1v) is 44.9. The summed E-state index contributed by atoms with van der Waals surface area (Å²) in [5.74, 6) is 16.1. The zero-order valence-corrected chi connectivity index (χ0v) is 85.0. The lowest BCUT2D eigenvalue weighted by Crippen LogP contribution is -2.29. The molecule has 6 saturated carbocycles. The van der Waals surface area contributed by atoms with E-state index >= 15 is 0 Å². The standard InChI is InChI=1S/3C9H20.6C8H18.2C7H12.2C7H14/c1-7-9(5,6)8(2,3)4;2*1-7(2)9(5,6)8(3)4;3*1-7(2,3)8(4,5)6;2*1-6-7(2)8(3,4)5;1-6(2)8(5)7(3)4;1-7(4-5-7)6-2-3-6;1-5-4-7(5)6-2-3-6;1-6-4-7(2,3)5-6;1-5-4-6(2)7(5)3/h7H2,1-6H3;2*7-8H,1-6H3;3*1-6H3;2*7H,6H2,1-5H3;6-8H,1-5H3;6H,2-5H2,1H3;5-7H,2-4H2,1H3;6H,4-5H2,1-3H3;5-7H,4H2,1-3H3/t;;;;;;7-;;;;5-,7?;;/m......1...0../s1. The van der Waals surface area contributed by atoms with E-state index in [1.54, 1.807) is 19.3 Å². The molecule has 0 aromatic heterocycles. The lowest BCUT2D eigenvalue weighted by atomic mass is 9.65. The molecule has 6 aliphatic carbocycles. The second-order valence-corrected chi connectivity index (χ2v) is 50.3. The quantitative estimate of drug-likeness (QED) is 0.193. The molecule has 0 spiro atoms. The van der Waals surface area contributed by atoms with Gasteiger partial charge < -0.3 is 0 Å². The third kappa shape index (κ3) is 55.1. The molecule has 0 N–H and O–H groups in total. The first-order chi connectivity index (χ1) is 44.9. The third-order valence-electron chi connectivity index (χ3n) is 31.2. The fraction of sp³-hybridized carbons (Fsp3) is 1.00. The van der Waals surface area contributed by atoms with Gasteiger partial charge >= 0.3 is 0 Å². The molecule has 0 aliphatic heterocycles. The van der Waals surface area contributed by atoms with Crippen molar-refractivity contribution in [2.75, 3.05) is 0 Å². The van der Waals surface area contributed by atoms with Crippen molar-refractivity contribution in [1.82, 2.24) is 0 Å². The third-order valence-corrected chi connectivity index (χ3v) is 31.2. The van der Waals surface area contributed by atoms with Crippen LogP contribution in [0.15, 0.2) is 0 Å². The molecule has 103 heavy (non-hydrogen) atoms. The Hall–Kier alpha value is 0. The van der Waals surface area contributed by atoms with Gasteiger partial charge in [0.25, 0.3) is 0 Å². The highest BCUT2D eigenvalue weighted by Crippen LogP contribution is 2.61. The molecule has 0 aromatic carbocycles. The minimum absolute atomic E-state index is 0.437. The van der Waals surface area contributed by atoms with Gasteiger partial charge in [-0.1, -0.05) is 428 Å². The van der Waals surface area contributed by atoms with Gasteiger partial charge in [-0.2, -0.15) is 0 Å². The predicted molar refractivity (Wildman–Crippen MR) is 488 cm³/mol. The molecule has 632 valence electrons. The molecule has 0 radical (unpaired) electrons. The van der Waals surface area contributed by atoms with Crippen LogP contribution in [0.2, 0.25) is 0 Å².